The Kier molecular flexibility index (Phi) is 10.4. The van der Waals surface area contributed by atoms with Gasteiger partial charge in [0.25, 0.3) is 0 Å². The fourth-order valence-electron chi connectivity index (χ4n) is 3.76. The Balaban J connectivity index is 1.82. The second kappa shape index (κ2) is 12.8. The minimum absolute atomic E-state index is 0.0395. The molecule has 2 atom stereocenters. The van der Waals surface area contributed by atoms with Gasteiger partial charge in [-0.2, -0.15) is 0 Å². The maximum Gasteiger partial charge on any atom is 0.364 e. The standard InChI is InChI=1S/C24H35NO4S/c1-18(2)20-11-9-19(10-12-20)17-22(26)14-13-21-7-6-8-23(27)25(21)15-4-3-5-16-30-24(28)29/h9-14,18,21-22,26H,3-8,15-17H2,1-2H3,(H,28,29)/b14-13+/t21-,22?/m1/s1. The SMILES string of the molecule is CC(C)c1ccc(CC(O)/C=C/[C@H]2CCCC(=O)N2CCCCCSC(=O)O)cc1. The highest BCUT2D eigenvalue weighted by Crippen LogP contribution is 2.21. The summed E-state index contributed by atoms with van der Waals surface area (Å²) in [6.45, 7) is 5.02. The molecule has 1 aliphatic heterocycles. The number of carbonyl (C=O) groups is 2. The first kappa shape index (κ1) is 24.5. The molecule has 5 nitrogen and oxygen atoms in total. The largest absolute Gasteiger partial charge is 0.473 e. The number of rotatable bonds is 11. The highest BCUT2D eigenvalue weighted by atomic mass is 32.2. The number of hydrogen-bond donors (Lipinski definition) is 2. The van der Waals surface area contributed by atoms with Crippen molar-refractivity contribution in [2.24, 2.45) is 0 Å². The van der Waals surface area contributed by atoms with Crippen LogP contribution in [-0.2, 0) is 11.2 Å². The molecule has 1 heterocycles. The Morgan fingerprint density at radius 3 is 2.63 bits per heavy atom. The summed E-state index contributed by atoms with van der Waals surface area (Å²) in [6, 6.07) is 8.43. The molecule has 1 aromatic rings. The van der Waals surface area contributed by atoms with E-state index >= 15 is 0 Å². The summed E-state index contributed by atoms with van der Waals surface area (Å²) in [5.41, 5.74) is 2.40. The van der Waals surface area contributed by atoms with E-state index in [1.165, 1.54) is 5.56 Å². The third-order valence-electron chi connectivity index (χ3n) is 5.53. The van der Waals surface area contributed by atoms with Crippen LogP contribution < -0.4 is 0 Å². The lowest BCUT2D eigenvalue weighted by atomic mass is 9.98. The van der Waals surface area contributed by atoms with Crippen LogP contribution in [0.5, 0.6) is 0 Å². The molecule has 0 spiro atoms. The maximum atomic E-state index is 12.4. The second-order valence-corrected chi connectivity index (χ2v) is 9.32. The molecule has 30 heavy (non-hydrogen) atoms. The molecule has 0 aromatic heterocycles. The van der Waals surface area contributed by atoms with Crippen molar-refractivity contribution >= 4 is 23.0 Å². The second-order valence-electron chi connectivity index (χ2n) is 8.27. The summed E-state index contributed by atoms with van der Waals surface area (Å²) >= 11 is 0.929. The van der Waals surface area contributed by atoms with Crippen molar-refractivity contribution in [3.63, 3.8) is 0 Å². The zero-order valence-corrected chi connectivity index (χ0v) is 18.9. The fourth-order valence-corrected chi connectivity index (χ4v) is 4.29. The van der Waals surface area contributed by atoms with E-state index < -0.39 is 11.4 Å². The third kappa shape index (κ3) is 8.52. The van der Waals surface area contributed by atoms with Gasteiger partial charge in [-0.05, 0) is 54.5 Å². The number of benzene rings is 1. The molecule has 2 rings (SSSR count). The summed E-state index contributed by atoms with van der Waals surface area (Å²) in [6.07, 6.45) is 8.84. The minimum atomic E-state index is -0.833. The molecule has 1 fully saturated rings. The quantitative estimate of drug-likeness (QED) is 0.369. The number of piperidine rings is 1. The Hall–Kier alpha value is -1.79. The van der Waals surface area contributed by atoms with Gasteiger partial charge in [-0.3, -0.25) is 4.79 Å². The molecular weight excluding hydrogens is 398 g/mol. The van der Waals surface area contributed by atoms with Gasteiger partial charge in [-0.1, -0.05) is 56.7 Å². The van der Waals surface area contributed by atoms with Gasteiger partial charge in [-0.25, -0.2) is 4.79 Å². The number of likely N-dealkylation sites (tertiary alicyclic amines) is 1. The lowest BCUT2D eigenvalue weighted by Crippen LogP contribution is -2.43. The van der Waals surface area contributed by atoms with Crippen molar-refractivity contribution in [1.82, 2.24) is 4.90 Å². The Labute approximate surface area is 184 Å². The van der Waals surface area contributed by atoms with Crippen LogP contribution in [0.2, 0.25) is 0 Å². The van der Waals surface area contributed by atoms with Crippen LogP contribution in [0.15, 0.2) is 36.4 Å². The smallest absolute Gasteiger partial charge is 0.364 e. The molecule has 166 valence electrons. The molecule has 6 heteroatoms. The molecule has 2 N–H and O–H groups in total. The molecule has 1 aliphatic rings. The highest BCUT2D eigenvalue weighted by molar-refractivity contribution is 8.13. The first-order valence-corrected chi connectivity index (χ1v) is 12.0. The van der Waals surface area contributed by atoms with Crippen LogP contribution in [-0.4, -0.2) is 50.8 Å². The molecule has 1 amide bonds. The van der Waals surface area contributed by atoms with Crippen molar-refractivity contribution in [3.05, 3.63) is 47.5 Å². The summed E-state index contributed by atoms with van der Waals surface area (Å²) in [5, 5.41) is 18.3. The van der Waals surface area contributed by atoms with Crippen molar-refractivity contribution in [2.45, 2.75) is 76.9 Å². The van der Waals surface area contributed by atoms with Crippen molar-refractivity contribution in [1.29, 1.82) is 0 Å². The molecule has 1 aromatic carbocycles. The van der Waals surface area contributed by atoms with Gasteiger partial charge in [0.05, 0.1) is 12.1 Å². The molecule has 0 saturated carbocycles. The monoisotopic (exact) mass is 433 g/mol. The lowest BCUT2D eigenvalue weighted by molar-refractivity contribution is -0.135. The van der Waals surface area contributed by atoms with E-state index in [-0.39, 0.29) is 11.9 Å². The normalized spacial score (nSPS) is 18.3. The summed E-state index contributed by atoms with van der Waals surface area (Å²) in [5.74, 6) is 1.28. The Morgan fingerprint density at radius 1 is 1.23 bits per heavy atom. The third-order valence-corrected chi connectivity index (χ3v) is 6.27. The van der Waals surface area contributed by atoms with Gasteiger partial charge >= 0.3 is 5.30 Å². The van der Waals surface area contributed by atoms with E-state index in [0.29, 0.717) is 31.1 Å². The molecule has 0 bridgehead atoms. The van der Waals surface area contributed by atoms with E-state index in [0.717, 1.165) is 49.4 Å². The van der Waals surface area contributed by atoms with E-state index in [2.05, 4.69) is 38.1 Å². The molecule has 0 aliphatic carbocycles. The Bertz CT molecular complexity index is 702. The zero-order valence-electron chi connectivity index (χ0n) is 18.1. The number of unbranched alkanes of at least 4 members (excludes halogenated alkanes) is 2. The number of carboxylic acid groups (broad SMARTS) is 1. The van der Waals surface area contributed by atoms with Crippen molar-refractivity contribution < 1.29 is 19.8 Å². The van der Waals surface area contributed by atoms with Crippen LogP contribution in [0.4, 0.5) is 4.79 Å². The van der Waals surface area contributed by atoms with Crippen LogP contribution >= 0.6 is 11.8 Å². The molecule has 0 radical (unpaired) electrons. The first-order valence-electron chi connectivity index (χ1n) is 11.0. The predicted molar refractivity (Wildman–Crippen MR) is 123 cm³/mol. The van der Waals surface area contributed by atoms with Gasteiger partial charge in [-0.15, -0.1) is 0 Å². The van der Waals surface area contributed by atoms with E-state index in [9.17, 15) is 14.7 Å². The Morgan fingerprint density at radius 2 is 1.97 bits per heavy atom. The van der Waals surface area contributed by atoms with Crippen LogP contribution in [0.25, 0.3) is 0 Å². The van der Waals surface area contributed by atoms with Gasteiger partial charge in [0.15, 0.2) is 0 Å². The highest BCUT2D eigenvalue weighted by Gasteiger charge is 2.25. The van der Waals surface area contributed by atoms with E-state index in [1.807, 2.05) is 17.1 Å². The van der Waals surface area contributed by atoms with E-state index in [4.69, 9.17) is 5.11 Å². The number of amides is 1. The topological polar surface area (TPSA) is 77.8 Å². The number of aliphatic hydroxyl groups is 1. The maximum absolute atomic E-state index is 12.4. The average molecular weight is 434 g/mol. The number of carbonyl (C=O) groups excluding carboxylic acids is 1. The van der Waals surface area contributed by atoms with Crippen LogP contribution in [0.1, 0.15) is 69.4 Å². The fraction of sp³-hybridized carbons (Fsp3) is 0.583. The predicted octanol–water partition coefficient (Wildman–Crippen LogP) is 5.23. The molecule has 1 unspecified atom stereocenters. The van der Waals surface area contributed by atoms with Crippen molar-refractivity contribution in [2.75, 3.05) is 12.3 Å². The number of nitrogens with zero attached hydrogens (tertiary/aromatic N) is 1. The number of thioether (sulfide) groups is 1. The summed E-state index contributed by atoms with van der Waals surface area (Å²) in [7, 11) is 0. The van der Waals surface area contributed by atoms with E-state index in [1.54, 1.807) is 0 Å². The minimum Gasteiger partial charge on any atom is -0.473 e. The first-order chi connectivity index (χ1) is 14.4. The van der Waals surface area contributed by atoms with Gasteiger partial charge in [0.2, 0.25) is 5.91 Å². The van der Waals surface area contributed by atoms with Gasteiger partial charge < -0.3 is 15.1 Å². The number of hydrogen-bond acceptors (Lipinski definition) is 4. The number of aliphatic hydroxyl groups excluding tert-OH is 1. The average Bonchev–Trinajstić information content (AvgIpc) is 2.70. The van der Waals surface area contributed by atoms with Crippen molar-refractivity contribution in [3.8, 4) is 0 Å². The van der Waals surface area contributed by atoms with Gasteiger partial charge in [0.1, 0.15) is 0 Å². The molecular formula is C24H35NO4S. The van der Waals surface area contributed by atoms with Crippen LogP contribution in [0, 0.1) is 0 Å². The summed E-state index contributed by atoms with van der Waals surface area (Å²) < 4.78 is 0. The van der Waals surface area contributed by atoms with Gasteiger partial charge in [0, 0.05) is 25.1 Å². The lowest BCUT2D eigenvalue weighted by Gasteiger charge is -2.34. The van der Waals surface area contributed by atoms with Crippen LogP contribution in [0.3, 0.4) is 0 Å². The molecule has 1 saturated heterocycles. The zero-order chi connectivity index (χ0) is 21.9. The summed E-state index contributed by atoms with van der Waals surface area (Å²) in [4.78, 5) is 24.8.